The molecule has 4 heteroatoms. The van der Waals surface area contributed by atoms with E-state index in [-0.39, 0.29) is 29.3 Å². The zero-order valence-corrected chi connectivity index (χ0v) is 14.6. The van der Waals surface area contributed by atoms with Gasteiger partial charge in [-0.15, -0.1) is 0 Å². The van der Waals surface area contributed by atoms with Crippen LogP contribution in [-0.4, -0.2) is 31.5 Å². The molecule has 1 saturated heterocycles. The van der Waals surface area contributed by atoms with Crippen LogP contribution in [0.4, 0.5) is 4.39 Å². The van der Waals surface area contributed by atoms with Crippen LogP contribution in [0.25, 0.3) is 0 Å². The standard InChI is InChI=1S/C19H30FNO2/c1-18(2,3)12-17(15-4-6-16(20)7-5-15)21-13-19(8-10-22)9-11-23-14-19/h4-7,17,21-22H,8-14H2,1-3H3. The van der Waals surface area contributed by atoms with Crippen molar-refractivity contribution in [3.63, 3.8) is 0 Å². The molecule has 2 atom stereocenters. The first-order valence-corrected chi connectivity index (χ1v) is 8.51. The summed E-state index contributed by atoms with van der Waals surface area (Å²) in [4.78, 5) is 0. The van der Waals surface area contributed by atoms with E-state index in [1.165, 1.54) is 12.1 Å². The van der Waals surface area contributed by atoms with Crippen LogP contribution in [0.1, 0.15) is 51.6 Å². The van der Waals surface area contributed by atoms with Crippen molar-refractivity contribution in [3.05, 3.63) is 35.6 Å². The SMILES string of the molecule is CC(C)(C)CC(NCC1(CCO)CCOC1)c1ccc(F)cc1. The molecule has 2 rings (SSSR count). The predicted octanol–water partition coefficient (Wildman–Crippen LogP) is 3.68. The predicted molar refractivity (Wildman–Crippen MR) is 90.8 cm³/mol. The minimum Gasteiger partial charge on any atom is -0.396 e. The summed E-state index contributed by atoms with van der Waals surface area (Å²) in [7, 11) is 0. The molecule has 0 amide bonds. The van der Waals surface area contributed by atoms with Gasteiger partial charge in [0.05, 0.1) is 6.61 Å². The molecule has 130 valence electrons. The number of hydrogen-bond acceptors (Lipinski definition) is 3. The quantitative estimate of drug-likeness (QED) is 0.804. The molecule has 1 aliphatic heterocycles. The molecule has 0 bridgehead atoms. The fourth-order valence-electron chi connectivity index (χ4n) is 3.27. The van der Waals surface area contributed by atoms with E-state index in [0.29, 0.717) is 6.61 Å². The Bertz CT molecular complexity index is 475. The Balaban J connectivity index is 2.09. The molecule has 1 aromatic rings. The van der Waals surface area contributed by atoms with Crippen LogP contribution in [-0.2, 0) is 4.74 Å². The lowest BCUT2D eigenvalue weighted by molar-refractivity contribution is 0.120. The number of benzene rings is 1. The molecule has 0 aromatic heterocycles. The summed E-state index contributed by atoms with van der Waals surface area (Å²) < 4.78 is 18.8. The number of hydrogen-bond donors (Lipinski definition) is 2. The van der Waals surface area contributed by atoms with Gasteiger partial charge in [0.1, 0.15) is 5.82 Å². The first kappa shape index (κ1) is 18.4. The van der Waals surface area contributed by atoms with E-state index in [1.54, 1.807) is 0 Å². The Morgan fingerprint density at radius 1 is 1.30 bits per heavy atom. The maximum atomic E-state index is 13.2. The highest BCUT2D eigenvalue weighted by atomic mass is 19.1. The summed E-state index contributed by atoms with van der Waals surface area (Å²) >= 11 is 0. The van der Waals surface area contributed by atoms with Crippen LogP contribution >= 0.6 is 0 Å². The third-order valence-corrected chi connectivity index (χ3v) is 4.64. The topological polar surface area (TPSA) is 41.5 Å². The molecule has 1 heterocycles. The van der Waals surface area contributed by atoms with Gasteiger partial charge in [-0.2, -0.15) is 0 Å². The largest absolute Gasteiger partial charge is 0.396 e. The van der Waals surface area contributed by atoms with Gasteiger partial charge in [0, 0.05) is 31.2 Å². The molecule has 23 heavy (non-hydrogen) atoms. The van der Waals surface area contributed by atoms with Gasteiger partial charge in [0.2, 0.25) is 0 Å². The van der Waals surface area contributed by atoms with Crippen LogP contribution in [0.2, 0.25) is 0 Å². The first-order chi connectivity index (χ1) is 10.8. The molecule has 0 spiro atoms. The number of rotatable bonds is 7. The highest BCUT2D eigenvalue weighted by Crippen LogP contribution is 2.34. The van der Waals surface area contributed by atoms with Crippen molar-refractivity contribution in [2.45, 2.75) is 46.1 Å². The van der Waals surface area contributed by atoms with Crippen molar-refractivity contribution < 1.29 is 14.2 Å². The van der Waals surface area contributed by atoms with Gasteiger partial charge in [-0.3, -0.25) is 0 Å². The fourth-order valence-corrected chi connectivity index (χ4v) is 3.27. The summed E-state index contributed by atoms with van der Waals surface area (Å²) in [5.74, 6) is -0.204. The van der Waals surface area contributed by atoms with Crippen molar-refractivity contribution in [1.29, 1.82) is 0 Å². The molecular weight excluding hydrogens is 293 g/mol. The lowest BCUT2D eigenvalue weighted by atomic mass is 9.82. The number of aliphatic hydroxyl groups excluding tert-OH is 1. The van der Waals surface area contributed by atoms with Crippen molar-refractivity contribution in [2.24, 2.45) is 10.8 Å². The number of halogens is 1. The van der Waals surface area contributed by atoms with Gasteiger partial charge in [0.25, 0.3) is 0 Å². The maximum Gasteiger partial charge on any atom is 0.123 e. The Hall–Kier alpha value is -0.970. The second kappa shape index (κ2) is 7.73. The molecule has 1 aliphatic rings. The third-order valence-electron chi connectivity index (χ3n) is 4.64. The van der Waals surface area contributed by atoms with Crippen LogP contribution in [0.15, 0.2) is 24.3 Å². The summed E-state index contributed by atoms with van der Waals surface area (Å²) in [6.45, 7) is 9.11. The second-order valence-corrected chi connectivity index (χ2v) is 8.03. The van der Waals surface area contributed by atoms with E-state index in [4.69, 9.17) is 4.74 Å². The highest BCUT2D eigenvalue weighted by Gasteiger charge is 2.35. The van der Waals surface area contributed by atoms with Crippen molar-refractivity contribution >= 4 is 0 Å². The van der Waals surface area contributed by atoms with Gasteiger partial charge in [-0.1, -0.05) is 32.9 Å². The molecular formula is C19H30FNO2. The molecule has 2 unspecified atom stereocenters. The van der Waals surface area contributed by atoms with Gasteiger partial charge < -0.3 is 15.2 Å². The van der Waals surface area contributed by atoms with E-state index in [9.17, 15) is 9.50 Å². The van der Waals surface area contributed by atoms with E-state index in [1.807, 2.05) is 12.1 Å². The molecule has 2 N–H and O–H groups in total. The van der Waals surface area contributed by atoms with E-state index >= 15 is 0 Å². The summed E-state index contributed by atoms with van der Waals surface area (Å²) in [6.07, 6.45) is 2.70. The van der Waals surface area contributed by atoms with Crippen LogP contribution in [0.5, 0.6) is 0 Å². The zero-order chi connectivity index (χ0) is 16.9. The van der Waals surface area contributed by atoms with Crippen molar-refractivity contribution in [3.8, 4) is 0 Å². The summed E-state index contributed by atoms with van der Waals surface area (Å²) in [5.41, 5.74) is 1.30. The second-order valence-electron chi connectivity index (χ2n) is 8.03. The van der Waals surface area contributed by atoms with Crippen LogP contribution in [0, 0.1) is 16.6 Å². The molecule has 0 saturated carbocycles. The van der Waals surface area contributed by atoms with Crippen molar-refractivity contribution in [1.82, 2.24) is 5.32 Å². The lowest BCUT2D eigenvalue weighted by Gasteiger charge is -2.33. The molecule has 0 aliphatic carbocycles. The zero-order valence-electron chi connectivity index (χ0n) is 14.6. The lowest BCUT2D eigenvalue weighted by Crippen LogP contribution is -2.38. The van der Waals surface area contributed by atoms with E-state index in [0.717, 1.165) is 38.0 Å². The van der Waals surface area contributed by atoms with Gasteiger partial charge in [-0.25, -0.2) is 4.39 Å². The maximum absolute atomic E-state index is 13.2. The highest BCUT2D eigenvalue weighted by molar-refractivity contribution is 5.20. The Morgan fingerprint density at radius 3 is 2.52 bits per heavy atom. The van der Waals surface area contributed by atoms with Gasteiger partial charge in [0.15, 0.2) is 0 Å². The van der Waals surface area contributed by atoms with Gasteiger partial charge >= 0.3 is 0 Å². The first-order valence-electron chi connectivity index (χ1n) is 8.51. The number of ether oxygens (including phenoxy) is 1. The minimum atomic E-state index is -0.204. The molecule has 3 nitrogen and oxygen atoms in total. The Kier molecular flexibility index (Phi) is 6.18. The average Bonchev–Trinajstić information content (AvgIpc) is 2.93. The monoisotopic (exact) mass is 323 g/mol. The van der Waals surface area contributed by atoms with Gasteiger partial charge in [-0.05, 0) is 42.4 Å². The third kappa shape index (κ3) is 5.55. The summed E-state index contributed by atoms with van der Waals surface area (Å²) in [6, 6.07) is 6.95. The van der Waals surface area contributed by atoms with Crippen molar-refractivity contribution in [2.75, 3.05) is 26.4 Å². The number of nitrogens with one attached hydrogen (secondary N) is 1. The molecule has 1 aromatic carbocycles. The summed E-state index contributed by atoms with van der Waals surface area (Å²) in [5, 5.41) is 13.0. The molecule has 0 radical (unpaired) electrons. The fraction of sp³-hybridized carbons (Fsp3) is 0.684. The van der Waals surface area contributed by atoms with Crippen LogP contribution in [0.3, 0.4) is 0 Å². The molecule has 1 fully saturated rings. The smallest absolute Gasteiger partial charge is 0.123 e. The normalized spacial score (nSPS) is 23.2. The minimum absolute atomic E-state index is 0.0188. The van der Waals surface area contributed by atoms with E-state index < -0.39 is 0 Å². The Morgan fingerprint density at radius 2 is 2.00 bits per heavy atom. The van der Waals surface area contributed by atoms with E-state index in [2.05, 4.69) is 26.1 Å². The number of aliphatic hydroxyl groups is 1. The van der Waals surface area contributed by atoms with Crippen LogP contribution < -0.4 is 5.32 Å². The average molecular weight is 323 g/mol. The Labute approximate surface area is 139 Å².